The van der Waals surface area contributed by atoms with E-state index >= 15 is 0 Å². The molecule has 0 radical (unpaired) electrons. The fourth-order valence-electron chi connectivity index (χ4n) is 2.31. The van der Waals surface area contributed by atoms with Crippen LogP contribution in [-0.2, 0) is 11.2 Å². The van der Waals surface area contributed by atoms with E-state index in [4.69, 9.17) is 0 Å². The van der Waals surface area contributed by atoms with Crippen molar-refractivity contribution in [2.24, 2.45) is 0 Å². The molecule has 3 aromatic rings. The number of hydrogen-bond donors (Lipinski definition) is 0. The van der Waals surface area contributed by atoms with E-state index in [0.29, 0.717) is 0 Å². The van der Waals surface area contributed by atoms with Gasteiger partial charge in [0.05, 0.1) is 0 Å². The van der Waals surface area contributed by atoms with Crippen LogP contribution in [0.2, 0.25) is 0 Å². The van der Waals surface area contributed by atoms with Crippen LogP contribution >= 0.6 is 23.1 Å². The maximum absolute atomic E-state index is 12.5. The van der Waals surface area contributed by atoms with Gasteiger partial charge in [-0.1, -0.05) is 30.0 Å². The lowest BCUT2D eigenvalue weighted by Gasteiger charge is -2.04. The van der Waals surface area contributed by atoms with Crippen molar-refractivity contribution in [3.63, 3.8) is 0 Å². The van der Waals surface area contributed by atoms with Gasteiger partial charge in [0.2, 0.25) is 0 Å². The van der Waals surface area contributed by atoms with E-state index in [2.05, 4.69) is 6.07 Å². The van der Waals surface area contributed by atoms with Gasteiger partial charge in [0.25, 0.3) is 0 Å². The van der Waals surface area contributed by atoms with E-state index in [9.17, 15) is 9.59 Å². The van der Waals surface area contributed by atoms with Crippen LogP contribution < -0.4 is 5.43 Å². The number of aryl methyl sites for hydroxylation is 1. The van der Waals surface area contributed by atoms with Crippen molar-refractivity contribution in [1.29, 1.82) is 0 Å². The molecule has 106 valence electrons. The van der Waals surface area contributed by atoms with E-state index in [1.54, 1.807) is 18.3 Å². The number of rotatable bonds is 3. The average Bonchev–Trinajstić information content (AvgIpc) is 2.47. The normalized spacial score (nSPS) is 11.1. The number of thioether (sulfide) groups is 1. The van der Waals surface area contributed by atoms with Crippen molar-refractivity contribution in [2.45, 2.75) is 13.3 Å². The molecule has 0 bridgehead atoms. The lowest BCUT2D eigenvalue weighted by Crippen LogP contribution is -2.01. The first-order valence-corrected chi connectivity index (χ1v) is 8.53. The Morgan fingerprint density at radius 2 is 1.86 bits per heavy atom. The molecule has 0 fully saturated rings. The Morgan fingerprint density at radius 1 is 1.10 bits per heavy atom. The number of carbonyl (C=O) groups is 1. The van der Waals surface area contributed by atoms with Gasteiger partial charge in [0.15, 0.2) is 10.5 Å². The summed E-state index contributed by atoms with van der Waals surface area (Å²) in [6, 6.07) is 13.7. The largest absolute Gasteiger partial charge is 0.289 e. The molecule has 0 saturated carbocycles. The van der Waals surface area contributed by atoms with Crippen LogP contribution in [0.25, 0.3) is 20.2 Å². The second-order valence-corrected chi connectivity index (χ2v) is 7.20. The van der Waals surface area contributed by atoms with Crippen molar-refractivity contribution >= 4 is 48.4 Å². The molecule has 21 heavy (non-hydrogen) atoms. The van der Waals surface area contributed by atoms with Gasteiger partial charge in [-0.2, -0.15) is 0 Å². The second kappa shape index (κ2) is 6.00. The zero-order valence-corrected chi connectivity index (χ0v) is 13.2. The maximum Gasteiger partial charge on any atom is 0.195 e. The Morgan fingerprint density at radius 3 is 2.67 bits per heavy atom. The average molecular weight is 314 g/mol. The van der Waals surface area contributed by atoms with Crippen molar-refractivity contribution < 1.29 is 4.79 Å². The fraction of sp³-hybridized carbons (Fsp3) is 0.176. The molecule has 4 heteroatoms. The number of carbonyl (C=O) groups excluding carboxylic acids is 1. The van der Waals surface area contributed by atoms with Gasteiger partial charge >= 0.3 is 0 Å². The summed E-state index contributed by atoms with van der Waals surface area (Å²) in [4.78, 5) is 23.4. The molecule has 0 saturated heterocycles. The Bertz CT molecular complexity index is 881. The highest BCUT2D eigenvalue weighted by Crippen LogP contribution is 2.25. The summed E-state index contributed by atoms with van der Waals surface area (Å²) < 4.78 is 2.04. The maximum atomic E-state index is 12.5. The van der Waals surface area contributed by atoms with E-state index in [1.807, 2.05) is 36.4 Å². The fourth-order valence-corrected chi connectivity index (χ4v) is 4.07. The first kappa shape index (κ1) is 14.3. The molecule has 0 aliphatic rings. The van der Waals surface area contributed by atoms with E-state index < -0.39 is 0 Å². The third-order valence-corrected chi connectivity index (χ3v) is 5.29. The van der Waals surface area contributed by atoms with Crippen LogP contribution in [0, 0.1) is 0 Å². The first-order chi connectivity index (χ1) is 10.1. The first-order valence-electron chi connectivity index (χ1n) is 6.73. The third-order valence-electron chi connectivity index (χ3n) is 3.34. The van der Waals surface area contributed by atoms with Gasteiger partial charge in [0, 0.05) is 32.8 Å². The van der Waals surface area contributed by atoms with Crippen LogP contribution in [0.1, 0.15) is 12.5 Å². The SMILES string of the molecule is CC(=O)SCCc1ccc2c(=O)c3ccccc3sc2c1. The van der Waals surface area contributed by atoms with Crippen molar-refractivity contribution in [2.75, 3.05) is 5.75 Å². The summed E-state index contributed by atoms with van der Waals surface area (Å²) in [5.41, 5.74) is 1.27. The Labute approximate surface area is 130 Å². The lowest BCUT2D eigenvalue weighted by molar-refractivity contribution is -0.109. The molecule has 1 aromatic heterocycles. The van der Waals surface area contributed by atoms with Gasteiger partial charge in [-0.15, -0.1) is 11.3 Å². The van der Waals surface area contributed by atoms with Crippen molar-refractivity contribution in [1.82, 2.24) is 0 Å². The molecule has 0 N–H and O–H groups in total. The lowest BCUT2D eigenvalue weighted by atomic mass is 10.1. The van der Waals surface area contributed by atoms with Gasteiger partial charge in [-0.05, 0) is 36.2 Å². The molecule has 0 atom stereocenters. The quantitative estimate of drug-likeness (QED) is 0.678. The highest BCUT2D eigenvalue weighted by atomic mass is 32.2. The molecule has 2 nitrogen and oxygen atoms in total. The van der Waals surface area contributed by atoms with E-state index in [-0.39, 0.29) is 10.5 Å². The molecule has 2 aromatic carbocycles. The monoisotopic (exact) mass is 314 g/mol. The zero-order chi connectivity index (χ0) is 14.8. The van der Waals surface area contributed by atoms with Gasteiger partial charge in [-0.3, -0.25) is 9.59 Å². The molecule has 1 heterocycles. The predicted molar refractivity (Wildman–Crippen MR) is 92.4 cm³/mol. The molecule has 0 aliphatic heterocycles. The van der Waals surface area contributed by atoms with Crippen LogP contribution in [0.5, 0.6) is 0 Å². The summed E-state index contributed by atoms with van der Waals surface area (Å²) in [5, 5.41) is 1.71. The summed E-state index contributed by atoms with van der Waals surface area (Å²) in [6.45, 7) is 1.59. The predicted octanol–water partition coefficient (Wildman–Crippen LogP) is 4.24. The summed E-state index contributed by atoms with van der Waals surface area (Å²) in [7, 11) is 0. The van der Waals surface area contributed by atoms with Crippen molar-refractivity contribution in [3.8, 4) is 0 Å². The highest BCUT2D eigenvalue weighted by Gasteiger charge is 2.06. The minimum atomic E-state index is 0.101. The molecule has 0 aliphatic carbocycles. The van der Waals surface area contributed by atoms with Crippen LogP contribution in [0.15, 0.2) is 47.3 Å². The number of fused-ring (bicyclic) bond motifs is 2. The standard InChI is InChI=1S/C17H14O2S2/c1-11(18)20-9-8-12-6-7-14-16(10-12)21-15-5-3-2-4-13(15)17(14)19/h2-7,10H,8-9H2,1H3. The minimum Gasteiger partial charge on any atom is -0.289 e. The van der Waals surface area contributed by atoms with Crippen LogP contribution in [-0.4, -0.2) is 10.9 Å². The Hall–Kier alpha value is -1.65. The summed E-state index contributed by atoms with van der Waals surface area (Å²) in [5.74, 6) is 0.781. The highest BCUT2D eigenvalue weighted by molar-refractivity contribution is 8.13. The van der Waals surface area contributed by atoms with Crippen LogP contribution in [0.4, 0.5) is 0 Å². The molecule has 0 unspecified atom stereocenters. The summed E-state index contributed by atoms with van der Waals surface area (Å²) in [6.07, 6.45) is 0.841. The second-order valence-electron chi connectivity index (χ2n) is 4.85. The Kier molecular flexibility index (Phi) is 4.08. The van der Waals surface area contributed by atoms with Gasteiger partial charge in [0.1, 0.15) is 0 Å². The van der Waals surface area contributed by atoms with Gasteiger partial charge in [-0.25, -0.2) is 0 Å². The van der Waals surface area contributed by atoms with Crippen LogP contribution in [0.3, 0.4) is 0 Å². The third kappa shape index (κ3) is 3.01. The van der Waals surface area contributed by atoms with Gasteiger partial charge < -0.3 is 0 Å². The van der Waals surface area contributed by atoms with E-state index in [0.717, 1.165) is 32.3 Å². The summed E-state index contributed by atoms with van der Waals surface area (Å²) >= 11 is 2.99. The molecule has 3 rings (SSSR count). The minimum absolute atomic E-state index is 0.101. The zero-order valence-electron chi connectivity index (χ0n) is 11.6. The topological polar surface area (TPSA) is 34.1 Å². The molecular formula is C17H14O2S2. The molecule has 0 spiro atoms. The number of benzene rings is 2. The molecular weight excluding hydrogens is 300 g/mol. The molecule has 0 amide bonds. The Balaban J connectivity index is 2.03. The smallest absolute Gasteiger partial charge is 0.195 e. The van der Waals surface area contributed by atoms with E-state index in [1.165, 1.54) is 17.3 Å². The van der Waals surface area contributed by atoms with Crippen molar-refractivity contribution in [3.05, 3.63) is 58.3 Å². The number of hydrogen-bond acceptors (Lipinski definition) is 4.